The second-order valence-corrected chi connectivity index (χ2v) is 5.60. The number of fused-ring (bicyclic) bond motifs is 1. The summed E-state index contributed by atoms with van der Waals surface area (Å²) in [6, 6.07) is 3.91. The number of anilines is 1. The number of nitrogens with zero attached hydrogens (tertiary/aromatic N) is 2. The van der Waals surface area contributed by atoms with Crippen LogP contribution >= 0.6 is 11.6 Å². The van der Waals surface area contributed by atoms with Gasteiger partial charge in [0.1, 0.15) is 11.6 Å². The van der Waals surface area contributed by atoms with Crippen LogP contribution in [-0.2, 0) is 19.9 Å². The molecular weight excluding hydrogens is 274 g/mol. The van der Waals surface area contributed by atoms with E-state index in [1.165, 1.54) is 24.0 Å². The Bertz CT molecular complexity index is 644. The van der Waals surface area contributed by atoms with E-state index in [1.807, 2.05) is 19.2 Å². The zero-order valence-electron chi connectivity index (χ0n) is 11.7. The minimum Gasteiger partial charge on any atom is -0.494 e. The molecule has 0 saturated carbocycles. The molecule has 0 fully saturated rings. The van der Waals surface area contributed by atoms with Gasteiger partial charge in [-0.05, 0) is 42.9 Å². The number of aromatic nitrogens is 2. The zero-order chi connectivity index (χ0) is 14.3. The van der Waals surface area contributed by atoms with Crippen LogP contribution in [0.25, 0.3) is 11.3 Å². The predicted octanol–water partition coefficient (Wildman–Crippen LogP) is 3.21. The predicted molar refractivity (Wildman–Crippen MR) is 81.3 cm³/mol. The van der Waals surface area contributed by atoms with Gasteiger partial charge in [0.25, 0.3) is 0 Å². The summed E-state index contributed by atoms with van der Waals surface area (Å²) in [6.07, 6.45) is 4.50. The normalized spacial score (nSPS) is 14.2. The maximum atomic E-state index is 6.37. The summed E-state index contributed by atoms with van der Waals surface area (Å²) in [6.45, 7) is 0. The number of hydrogen-bond acceptors (Lipinski definition) is 3. The second kappa shape index (κ2) is 5.02. The molecular formula is C15H18ClN3O. The van der Waals surface area contributed by atoms with Crippen molar-refractivity contribution in [2.24, 2.45) is 7.05 Å². The van der Waals surface area contributed by atoms with Gasteiger partial charge >= 0.3 is 0 Å². The number of hydrogen-bond donors (Lipinski definition) is 1. The molecule has 1 aliphatic carbocycles. The van der Waals surface area contributed by atoms with Crippen LogP contribution in [0.5, 0.6) is 5.75 Å². The van der Waals surface area contributed by atoms with Gasteiger partial charge in [-0.2, -0.15) is 5.10 Å². The third-order valence-electron chi connectivity index (χ3n) is 3.93. The lowest BCUT2D eigenvalue weighted by Crippen LogP contribution is -2.07. The van der Waals surface area contributed by atoms with E-state index in [1.54, 1.807) is 11.8 Å². The lowest BCUT2D eigenvalue weighted by Gasteiger charge is -2.21. The van der Waals surface area contributed by atoms with Crippen LogP contribution in [0.15, 0.2) is 12.1 Å². The highest BCUT2D eigenvalue weighted by Gasteiger charge is 2.23. The van der Waals surface area contributed by atoms with E-state index in [0.29, 0.717) is 16.6 Å². The van der Waals surface area contributed by atoms with Crippen LogP contribution in [0.4, 0.5) is 5.82 Å². The molecule has 0 radical (unpaired) electrons. The molecule has 4 nitrogen and oxygen atoms in total. The Morgan fingerprint density at radius 1 is 1.30 bits per heavy atom. The van der Waals surface area contributed by atoms with Gasteiger partial charge in [0, 0.05) is 18.7 Å². The minimum absolute atomic E-state index is 0.631. The fourth-order valence-electron chi connectivity index (χ4n) is 2.92. The van der Waals surface area contributed by atoms with Crippen molar-refractivity contribution in [1.82, 2.24) is 9.78 Å². The number of ether oxygens (including phenoxy) is 1. The molecule has 0 spiro atoms. The summed E-state index contributed by atoms with van der Waals surface area (Å²) in [5.74, 6) is 1.33. The fourth-order valence-corrected chi connectivity index (χ4v) is 3.23. The topological polar surface area (TPSA) is 53.1 Å². The SMILES string of the molecule is COc1c(Cl)cc2c(c1-c1cc(N)n(C)n1)CCCC2. The molecule has 1 aliphatic rings. The standard InChI is InChI=1S/C15H18ClN3O/c1-19-13(17)8-12(18-19)14-10-6-4-3-5-9(10)7-11(16)15(14)20-2/h7-8H,3-6,17H2,1-2H3. The van der Waals surface area contributed by atoms with Crippen LogP contribution in [-0.4, -0.2) is 16.9 Å². The number of methoxy groups -OCH3 is 1. The summed E-state index contributed by atoms with van der Waals surface area (Å²) < 4.78 is 7.20. The number of rotatable bonds is 2. The van der Waals surface area contributed by atoms with E-state index in [9.17, 15) is 0 Å². The average Bonchev–Trinajstić information content (AvgIpc) is 2.76. The maximum absolute atomic E-state index is 6.37. The van der Waals surface area contributed by atoms with Gasteiger partial charge in [0.05, 0.1) is 17.8 Å². The molecule has 3 rings (SSSR count). The molecule has 1 aromatic carbocycles. The first-order valence-corrected chi connectivity index (χ1v) is 7.17. The number of halogens is 1. The van der Waals surface area contributed by atoms with Crippen LogP contribution in [0.1, 0.15) is 24.0 Å². The van der Waals surface area contributed by atoms with Crippen molar-refractivity contribution in [3.05, 3.63) is 28.3 Å². The van der Waals surface area contributed by atoms with Crippen LogP contribution in [0.2, 0.25) is 5.02 Å². The van der Waals surface area contributed by atoms with Crippen molar-refractivity contribution in [3.63, 3.8) is 0 Å². The molecule has 1 heterocycles. The summed E-state index contributed by atoms with van der Waals surface area (Å²) in [5, 5.41) is 5.14. The third kappa shape index (κ3) is 2.04. The van der Waals surface area contributed by atoms with Crippen LogP contribution < -0.4 is 10.5 Å². The van der Waals surface area contributed by atoms with Gasteiger partial charge in [-0.3, -0.25) is 4.68 Å². The third-order valence-corrected chi connectivity index (χ3v) is 4.21. The number of aryl methyl sites for hydroxylation is 2. The van der Waals surface area contributed by atoms with E-state index in [-0.39, 0.29) is 0 Å². The molecule has 0 atom stereocenters. The molecule has 0 amide bonds. The molecule has 0 aliphatic heterocycles. The summed E-state index contributed by atoms with van der Waals surface area (Å²) >= 11 is 6.37. The number of benzene rings is 1. The van der Waals surface area contributed by atoms with Crippen molar-refractivity contribution in [1.29, 1.82) is 0 Å². The van der Waals surface area contributed by atoms with E-state index in [4.69, 9.17) is 22.1 Å². The van der Waals surface area contributed by atoms with Gasteiger partial charge < -0.3 is 10.5 Å². The van der Waals surface area contributed by atoms with E-state index < -0.39 is 0 Å². The molecule has 5 heteroatoms. The van der Waals surface area contributed by atoms with E-state index in [2.05, 4.69) is 5.10 Å². The lowest BCUT2D eigenvalue weighted by molar-refractivity contribution is 0.415. The minimum atomic E-state index is 0.631. The Morgan fingerprint density at radius 2 is 2.05 bits per heavy atom. The molecule has 0 saturated heterocycles. The van der Waals surface area contributed by atoms with Crippen molar-refractivity contribution < 1.29 is 4.74 Å². The summed E-state index contributed by atoms with van der Waals surface area (Å²) in [7, 11) is 3.48. The second-order valence-electron chi connectivity index (χ2n) is 5.19. The highest BCUT2D eigenvalue weighted by Crippen LogP contribution is 2.43. The van der Waals surface area contributed by atoms with Gasteiger partial charge in [-0.15, -0.1) is 0 Å². The quantitative estimate of drug-likeness (QED) is 0.924. The van der Waals surface area contributed by atoms with Crippen molar-refractivity contribution >= 4 is 17.4 Å². The Kier molecular flexibility index (Phi) is 3.34. The summed E-state index contributed by atoms with van der Waals surface area (Å²) in [4.78, 5) is 0. The Morgan fingerprint density at radius 3 is 2.70 bits per heavy atom. The van der Waals surface area contributed by atoms with Gasteiger partial charge in [0.2, 0.25) is 0 Å². The first kappa shape index (κ1) is 13.3. The Hall–Kier alpha value is -1.68. The van der Waals surface area contributed by atoms with Crippen LogP contribution in [0.3, 0.4) is 0 Å². The Labute approximate surface area is 123 Å². The first-order valence-electron chi connectivity index (χ1n) is 6.80. The van der Waals surface area contributed by atoms with Crippen molar-refractivity contribution in [3.8, 4) is 17.0 Å². The van der Waals surface area contributed by atoms with Crippen molar-refractivity contribution in [2.45, 2.75) is 25.7 Å². The number of nitrogens with two attached hydrogens (primary N) is 1. The smallest absolute Gasteiger partial charge is 0.147 e. The summed E-state index contributed by atoms with van der Waals surface area (Å²) in [5.41, 5.74) is 10.4. The first-order chi connectivity index (χ1) is 9.61. The highest BCUT2D eigenvalue weighted by molar-refractivity contribution is 6.32. The van der Waals surface area contributed by atoms with E-state index >= 15 is 0 Å². The molecule has 2 N–H and O–H groups in total. The average molecular weight is 292 g/mol. The lowest BCUT2D eigenvalue weighted by atomic mass is 9.86. The molecule has 0 bridgehead atoms. The molecule has 2 aromatic rings. The van der Waals surface area contributed by atoms with Gasteiger partial charge in [0.15, 0.2) is 0 Å². The molecule has 0 unspecified atom stereocenters. The monoisotopic (exact) mass is 291 g/mol. The zero-order valence-corrected chi connectivity index (χ0v) is 12.5. The fraction of sp³-hybridized carbons (Fsp3) is 0.400. The van der Waals surface area contributed by atoms with Crippen LogP contribution in [0, 0.1) is 0 Å². The Balaban J connectivity index is 2.28. The van der Waals surface area contributed by atoms with Gasteiger partial charge in [-0.1, -0.05) is 11.6 Å². The maximum Gasteiger partial charge on any atom is 0.147 e. The van der Waals surface area contributed by atoms with Gasteiger partial charge in [-0.25, -0.2) is 0 Å². The largest absolute Gasteiger partial charge is 0.494 e. The molecule has 1 aromatic heterocycles. The molecule has 106 valence electrons. The van der Waals surface area contributed by atoms with E-state index in [0.717, 1.165) is 24.1 Å². The highest BCUT2D eigenvalue weighted by atomic mass is 35.5. The number of nitrogen functional groups attached to an aromatic ring is 1. The molecule has 20 heavy (non-hydrogen) atoms. The van der Waals surface area contributed by atoms with Crippen molar-refractivity contribution in [2.75, 3.05) is 12.8 Å².